The van der Waals surface area contributed by atoms with Crippen molar-refractivity contribution < 1.29 is 13.2 Å². The maximum Gasteiger partial charge on any atom is 0.244 e. The summed E-state index contributed by atoms with van der Waals surface area (Å²) in [6.07, 6.45) is 1.99. The van der Waals surface area contributed by atoms with Crippen LogP contribution < -0.4 is 15.2 Å². The largest absolute Gasteiger partial charge is 0.495 e. The van der Waals surface area contributed by atoms with Crippen LogP contribution in [0.25, 0.3) is 0 Å². The first-order chi connectivity index (χ1) is 9.31. The Hall–Kier alpha value is -0.440. The Balaban J connectivity index is 3.00. The fraction of sp³-hybridized carbons (Fsp3) is 0.500. The lowest BCUT2D eigenvalue weighted by Crippen LogP contribution is -2.29. The van der Waals surface area contributed by atoms with Gasteiger partial charge in [-0.3, -0.25) is 0 Å². The number of hydrogen-bond donors (Lipinski definition) is 2. The number of anilines is 1. The van der Waals surface area contributed by atoms with Crippen molar-refractivity contribution in [3.8, 4) is 5.75 Å². The molecule has 0 heterocycles. The number of nitrogens with two attached hydrogens (primary N) is 1. The highest BCUT2D eigenvalue weighted by Crippen LogP contribution is 2.32. The standard InChI is InChI=1S/C12H19BrN2O3S2/c1-8(7-19-3)6-15-20(16,17)12-5-10(14)9(13)4-11(12)18-2/h4-5,8,15H,6-7,14H2,1-3H3. The number of benzene rings is 1. The molecule has 1 atom stereocenters. The van der Waals surface area contributed by atoms with E-state index in [2.05, 4.69) is 20.7 Å². The molecule has 0 saturated carbocycles. The molecule has 1 rings (SSSR count). The molecule has 0 aliphatic carbocycles. The van der Waals surface area contributed by atoms with E-state index in [9.17, 15) is 8.42 Å². The van der Waals surface area contributed by atoms with Crippen molar-refractivity contribution in [3.05, 3.63) is 16.6 Å². The number of methoxy groups -OCH3 is 1. The normalized spacial score (nSPS) is 13.2. The topological polar surface area (TPSA) is 81.4 Å². The van der Waals surface area contributed by atoms with Gasteiger partial charge in [0.05, 0.1) is 7.11 Å². The number of sulfonamides is 1. The van der Waals surface area contributed by atoms with Crippen LogP contribution in [-0.4, -0.2) is 34.1 Å². The number of nitrogens with one attached hydrogen (secondary N) is 1. The molecule has 3 N–H and O–H groups in total. The Morgan fingerprint density at radius 2 is 2.15 bits per heavy atom. The lowest BCUT2D eigenvalue weighted by molar-refractivity contribution is 0.402. The van der Waals surface area contributed by atoms with Crippen molar-refractivity contribution in [2.24, 2.45) is 5.92 Å². The van der Waals surface area contributed by atoms with Crippen LogP contribution in [0.4, 0.5) is 5.69 Å². The average molecular weight is 383 g/mol. The van der Waals surface area contributed by atoms with Crippen molar-refractivity contribution in [3.63, 3.8) is 0 Å². The summed E-state index contributed by atoms with van der Waals surface area (Å²) in [6, 6.07) is 2.94. The third kappa shape index (κ3) is 4.54. The molecule has 0 amide bonds. The van der Waals surface area contributed by atoms with Gasteiger partial charge in [-0.2, -0.15) is 11.8 Å². The summed E-state index contributed by atoms with van der Waals surface area (Å²) < 4.78 is 32.9. The minimum absolute atomic E-state index is 0.0528. The SMILES string of the molecule is COc1cc(Br)c(N)cc1S(=O)(=O)NCC(C)CSC. The summed E-state index contributed by atoms with van der Waals surface area (Å²) >= 11 is 4.93. The highest BCUT2D eigenvalue weighted by atomic mass is 79.9. The summed E-state index contributed by atoms with van der Waals surface area (Å²) in [5.41, 5.74) is 6.10. The summed E-state index contributed by atoms with van der Waals surface area (Å²) in [7, 11) is -2.22. The predicted molar refractivity (Wildman–Crippen MR) is 87.8 cm³/mol. The van der Waals surface area contributed by atoms with Gasteiger partial charge in [0.15, 0.2) is 0 Å². The number of hydrogen-bond acceptors (Lipinski definition) is 5. The smallest absolute Gasteiger partial charge is 0.244 e. The van der Waals surface area contributed by atoms with E-state index in [1.54, 1.807) is 17.8 Å². The third-order valence-corrected chi connectivity index (χ3v) is 5.68. The fourth-order valence-electron chi connectivity index (χ4n) is 1.59. The third-order valence-electron chi connectivity index (χ3n) is 2.65. The molecule has 1 aromatic carbocycles. The van der Waals surface area contributed by atoms with Crippen LogP contribution in [0.3, 0.4) is 0 Å². The Labute approximate surface area is 132 Å². The second kappa shape index (κ2) is 7.53. The zero-order valence-electron chi connectivity index (χ0n) is 11.6. The lowest BCUT2D eigenvalue weighted by atomic mass is 10.2. The minimum atomic E-state index is -3.64. The molecule has 1 aromatic rings. The Kier molecular flexibility index (Phi) is 6.63. The molecule has 0 aliphatic rings. The van der Waals surface area contributed by atoms with E-state index in [-0.39, 0.29) is 16.6 Å². The molecule has 0 aliphatic heterocycles. The van der Waals surface area contributed by atoms with E-state index < -0.39 is 10.0 Å². The van der Waals surface area contributed by atoms with E-state index in [1.165, 1.54) is 13.2 Å². The highest BCUT2D eigenvalue weighted by molar-refractivity contribution is 9.10. The Morgan fingerprint density at radius 1 is 1.50 bits per heavy atom. The van der Waals surface area contributed by atoms with Crippen LogP contribution in [0.1, 0.15) is 6.92 Å². The van der Waals surface area contributed by atoms with E-state index >= 15 is 0 Å². The quantitative estimate of drug-likeness (QED) is 0.707. The average Bonchev–Trinajstić information content (AvgIpc) is 2.39. The van der Waals surface area contributed by atoms with Crippen LogP contribution in [0.15, 0.2) is 21.5 Å². The van der Waals surface area contributed by atoms with Gasteiger partial charge in [0, 0.05) is 16.7 Å². The van der Waals surface area contributed by atoms with Gasteiger partial charge < -0.3 is 10.5 Å². The van der Waals surface area contributed by atoms with Gasteiger partial charge in [0.25, 0.3) is 0 Å². The Morgan fingerprint density at radius 3 is 2.70 bits per heavy atom. The molecule has 0 radical (unpaired) electrons. The predicted octanol–water partition coefficient (Wildman–Crippen LogP) is 2.32. The van der Waals surface area contributed by atoms with Crippen LogP contribution in [0.2, 0.25) is 0 Å². The summed E-state index contributed by atoms with van der Waals surface area (Å²) in [4.78, 5) is 0.0528. The summed E-state index contributed by atoms with van der Waals surface area (Å²) in [5.74, 6) is 1.40. The molecule has 8 heteroatoms. The zero-order valence-corrected chi connectivity index (χ0v) is 14.9. The van der Waals surface area contributed by atoms with Gasteiger partial charge in [0.1, 0.15) is 10.6 Å². The van der Waals surface area contributed by atoms with Crippen molar-refractivity contribution >= 4 is 43.4 Å². The van der Waals surface area contributed by atoms with Gasteiger partial charge in [-0.1, -0.05) is 6.92 Å². The summed E-state index contributed by atoms with van der Waals surface area (Å²) in [6.45, 7) is 2.37. The molecule has 0 fully saturated rings. The fourth-order valence-corrected chi connectivity index (χ4v) is 3.95. The van der Waals surface area contributed by atoms with Gasteiger partial charge >= 0.3 is 0 Å². The molecular weight excluding hydrogens is 364 g/mol. The number of rotatable bonds is 7. The molecular formula is C12H19BrN2O3S2. The number of nitrogen functional groups attached to an aromatic ring is 1. The molecule has 5 nitrogen and oxygen atoms in total. The molecule has 0 aromatic heterocycles. The van der Waals surface area contributed by atoms with Crippen molar-refractivity contribution in [2.45, 2.75) is 11.8 Å². The molecule has 20 heavy (non-hydrogen) atoms. The molecule has 1 unspecified atom stereocenters. The number of ether oxygens (including phenoxy) is 1. The second-order valence-corrected chi connectivity index (χ2v) is 7.94. The molecule has 0 bridgehead atoms. The van der Waals surface area contributed by atoms with Crippen LogP contribution in [-0.2, 0) is 10.0 Å². The first-order valence-corrected chi connectivity index (χ1v) is 9.60. The van der Waals surface area contributed by atoms with Gasteiger partial charge in [0.2, 0.25) is 10.0 Å². The first kappa shape index (κ1) is 17.6. The Bertz CT molecular complexity index is 564. The van der Waals surface area contributed by atoms with Gasteiger partial charge in [-0.05, 0) is 46.0 Å². The van der Waals surface area contributed by atoms with E-state index in [1.807, 2.05) is 13.2 Å². The van der Waals surface area contributed by atoms with Crippen molar-refractivity contribution in [1.29, 1.82) is 0 Å². The zero-order chi connectivity index (χ0) is 15.3. The van der Waals surface area contributed by atoms with Gasteiger partial charge in [-0.25, -0.2) is 13.1 Å². The van der Waals surface area contributed by atoms with Crippen molar-refractivity contribution in [2.75, 3.05) is 31.4 Å². The van der Waals surface area contributed by atoms with E-state index in [0.29, 0.717) is 16.7 Å². The number of halogens is 1. The number of thioether (sulfide) groups is 1. The summed E-state index contributed by atoms with van der Waals surface area (Å²) in [5, 5.41) is 0. The van der Waals surface area contributed by atoms with Crippen molar-refractivity contribution in [1.82, 2.24) is 4.72 Å². The lowest BCUT2D eigenvalue weighted by Gasteiger charge is -2.14. The second-order valence-electron chi connectivity index (χ2n) is 4.44. The van der Waals surface area contributed by atoms with Crippen LogP contribution >= 0.6 is 27.7 Å². The monoisotopic (exact) mass is 382 g/mol. The molecule has 114 valence electrons. The van der Waals surface area contributed by atoms with Gasteiger partial charge in [-0.15, -0.1) is 0 Å². The van der Waals surface area contributed by atoms with E-state index in [4.69, 9.17) is 10.5 Å². The van der Waals surface area contributed by atoms with E-state index in [0.717, 1.165) is 5.75 Å². The van der Waals surface area contributed by atoms with Crippen LogP contribution in [0, 0.1) is 5.92 Å². The first-order valence-electron chi connectivity index (χ1n) is 5.93. The van der Waals surface area contributed by atoms with Crippen LogP contribution in [0.5, 0.6) is 5.75 Å². The molecule has 0 spiro atoms. The highest BCUT2D eigenvalue weighted by Gasteiger charge is 2.21. The maximum absolute atomic E-state index is 12.3. The molecule has 0 saturated heterocycles. The minimum Gasteiger partial charge on any atom is -0.495 e. The maximum atomic E-state index is 12.3.